The minimum absolute atomic E-state index is 0.396. The lowest BCUT2D eigenvalue weighted by atomic mass is 10.0. The highest BCUT2D eigenvalue weighted by Crippen LogP contribution is 2.23. The molecule has 0 spiro atoms. The second-order valence-corrected chi connectivity index (χ2v) is 4.95. The fourth-order valence-corrected chi connectivity index (χ4v) is 2.29. The molecule has 0 atom stereocenters. The lowest BCUT2D eigenvalue weighted by Crippen LogP contribution is -2.12. The molecule has 2 rings (SSSR count). The number of aromatic nitrogens is 1. The lowest BCUT2D eigenvalue weighted by Gasteiger charge is -2.09. The number of aryl methyl sites for hydroxylation is 3. The Bertz CT molecular complexity index is 618. The van der Waals surface area contributed by atoms with E-state index in [1.807, 2.05) is 19.1 Å². The molecule has 0 amide bonds. The Kier molecular flexibility index (Phi) is 3.43. The number of nitrogens with two attached hydrogens (primary N) is 1. The highest BCUT2D eigenvalue weighted by atomic mass is 32.1. The first kappa shape index (κ1) is 12.7. The first-order valence-corrected chi connectivity index (χ1v) is 6.25. The number of nitrogens with zero attached hydrogens (tertiary/aromatic N) is 1. The molecule has 0 aliphatic carbocycles. The van der Waals surface area contributed by atoms with Crippen molar-refractivity contribution in [1.29, 1.82) is 0 Å². The zero-order valence-electron chi connectivity index (χ0n) is 10.8. The third-order valence-electron chi connectivity index (χ3n) is 3.01. The summed E-state index contributed by atoms with van der Waals surface area (Å²) >= 11 is 4.99. The molecule has 0 bridgehead atoms. The Balaban J connectivity index is 2.52. The van der Waals surface area contributed by atoms with E-state index >= 15 is 0 Å². The summed E-state index contributed by atoms with van der Waals surface area (Å²) in [5, 5.41) is 0. The van der Waals surface area contributed by atoms with Gasteiger partial charge in [-0.15, -0.1) is 0 Å². The van der Waals surface area contributed by atoms with Gasteiger partial charge in [0.25, 0.3) is 0 Å². The summed E-state index contributed by atoms with van der Waals surface area (Å²) < 4.78 is 0. The van der Waals surface area contributed by atoms with E-state index in [1.165, 1.54) is 11.1 Å². The van der Waals surface area contributed by atoms with Crippen molar-refractivity contribution < 1.29 is 0 Å². The van der Waals surface area contributed by atoms with Gasteiger partial charge in [0.05, 0.1) is 5.69 Å². The largest absolute Gasteiger partial charge is 0.389 e. The van der Waals surface area contributed by atoms with Crippen LogP contribution < -0.4 is 5.73 Å². The second kappa shape index (κ2) is 4.86. The monoisotopic (exact) mass is 256 g/mol. The van der Waals surface area contributed by atoms with Gasteiger partial charge in [-0.05, 0) is 38.5 Å². The summed E-state index contributed by atoms with van der Waals surface area (Å²) in [4.78, 5) is 4.98. The quantitative estimate of drug-likeness (QED) is 0.838. The number of hydrogen-bond donors (Lipinski definition) is 1. The molecule has 18 heavy (non-hydrogen) atoms. The zero-order chi connectivity index (χ0) is 13.3. The summed E-state index contributed by atoms with van der Waals surface area (Å²) in [5.74, 6) is 0. The standard InChI is InChI=1S/C15H16N2S/c1-9-4-5-12(10(2)8-9)14-7-6-13(15(16)18)11(3)17-14/h4-8H,1-3H3,(H2,16,18). The van der Waals surface area contributed by atoms with Crippen LogP contribution in [0.3, 0.4) is 0 Å². The number of rotatable bonds is 2. The summed E-state index contributed by atoms with van der Waals surface area (Å²) in [5.41, 5.74) is 12.0. The SMILES string of the molecule is Cc1ccc(-c2ccc(C(N)=S)c(C)n2)c(C)c1. The zero-order valence-corrected chi connectivity index (χ0v) is 11.6. The minimum atomic E-state index is 0.396. The van der Waals surface area contributed by atoms with Gasteiger partial charge in [-0.2, -0.15) is 0 Å². The molecule has 0 saturated carbocycles. The molecule has 0 aliphatic rings. The molecule has 3 heteroatoms. The van der Waals surface area contributed by atoms with Gasteiger partial charge in [-0.25, -0.2) is 0 Å². The van der Waals surface area contributed by atoms with Crippen molar-refractivity contribution in [3.8, 4) is 11.3 Å². The van der Waals surface area contributed by atoms with E-state index in [-0.39, 0.29) is 0 Å². The Morgan fingerprint density at radius 1 is 1.11 bits per heavy atom. The van der Waals surface area contributed by atoms with Crippen LogP contribution in [0.1, 0.15) is 22.4 Å². The average Bonchev–Trinajstić information content (AvgIpc) is 2.28. The van der Waals surface area contributed by atoms with Gasteiger partial charge in [-0.3, -0.25) is 4.98 Å². The lowest BCUT2D eigenvalue weighted by molar-refractivity contribution is 1.19. The average molecular weight is 256 g/mol. The molecule has 1 aromatic carbocycles. The topological polar surface area (TPSA) is 38.9 Å². The van der Waals surface area contributed by atoms with E-state index in [2.05, 4.69) is 37.0 Å². The smallest absolute Gasteiger partial charge is 0.105 e. The molecule has 2 aromatic rings. The van der Waals surface area contributed by atoms with Crippen molar-refractivity contribution in [3.63, 3.8) is 0 Å². The summed E-state index contributed by atoms with van der Waals surface area (Å²) in [6.45, 7) is 6.12. The first-order chi connectivity index (χ1) is 8.49. The van der Waals surface area contributed by atoms with E-state index in [9.17, 15) is 0 Å². The fourth-order valence-electron chi connectivity index (χ4n) is 2.07. The van der Waals surface area contributed by atoms with Crippen molar-refractivity contribution >= 4 is 17.2 Å². The van der Waals surface area contributed by atoms with E-state index in [0.29, 0.717) is 4.99 Å². The van der Waals surface area contributed by atoms with Crippen molar-refractivity contribution in [2.45, 2.75) is 20.8 Å². The molecule has 2 N–H and O–H groups in total. The van der Waals surface area contributed by atoms with Crippen LogP contribution >= 0.6 is 12.2 Å². The Morgan fingerprint density at radius 2 is 1.83 bits per heavy atom. The molecular weight excluding hydrogens is 240 g/mol. The molecular formula is C15H16N2S. The maximum Gasteiger partial charge on any atom is 0.105 e. The Morgan fingerprint density at radius 3 is 2.39 bits per heavy atom. The predicted octanol–water partition coefficient (Wildman–Crippen LogP) is 3.31. The maximum atomic E-state index is 5.64. The number of hydrogen-bond acceptors (Lipinski definition) is 2. The summed E-state index contributed by atoms with van der Waals surface area (Å²) in [6, 6.07) is 10.3. The van der Waals surface area contributed by atoms with Crippen LogP contribution in [0, 0.1) is 20.8 Å². The molecule has 0 unspecified atom stereocenters. The number of thiocarbonyl (C=S) groups is 1. The van der Waals surface area contributed by atoms with Crippen molar-refractivity contribution in [2.75, 3.05) is 0 Å². The fraction of sp³-hybridized carbons (Fsp3) is 0.200. The molecule has 0 radical (unpaired) electrons. The van der Waals surface area contributed by atoms with Gasteiger partial charge in [0.1, 0.15) is 4.99 Å². The molecule has 0 saturated heterocycles. The van der Waals surface area contributed by atoms with Gasteiger partial charge in [-0.1, -0.05) is 36.0 Å². The summed E-state index contributed by atoms with van der Waals surface area (Å²) in [7, 11) is 0. The van der Waals surface area contributed by atoms with Gasteiger partial charge < -0.3 is 5.73 Å². The van der Waals surface area contributed by atoms with E-state index in [0.717, 1.165) is 22.5 Å². The molecule has 1 aromatic heterocycles. The van der Waals surface area contributed by atoms with E-state index < -0.39 is 0 Å². The van der Waals surface area contributed by atoms with Gasteiger partial charge in [0.15, 0.2) is 0 Å². The first-order valence-electron chi connectivity index (χ1n) is 5.84. The summed E-state index contributed by atoms with van der Waals surface area (Å²) in [6.07, 6.45) is 0. The van der Waals surface area contributed by atoms with Crippen LogP contribution in [0.25, 0.3) is 11.3 Å². The Labute approximate surface area is 113 Å². The van der Waals surface area contributed by atoms with Gasteiger partial charge in [0.2, 0.25) is 0 Å². The molecule has 0 fully saturated rings. The van der Waals surface area contributed by atoms with Crippen molar-refractivity contribution in [2.24, 2.45) is 5.73 Å². The van der Waals surface area contributed by atoms with Gasteiger partial charge in [0, 0.05) is 16.8 Å². The van der Waals surface area contributed by atoms with Gasteiger partial charge >= 0.3 is 0 Å². The molecule has 92 valence electrons. The minimum Gasteiger partial charge on any atom is -0.389 e. The number of pyridine rings is 1. The third-order valence-corrected chi connectivity index (χ3v) is 3.23. The van der Waals surface area contributed by atoms with E-state index in [4.69, 9.17) is 18.0 Å². The molecule has 0 aliphatic heterocycles. The van der Waals surface area contributed by atoms with Crippen molar-refractivity contribution in [3.05, 3.63) is 52.7 Å². The Hall–Kier alpha value is -1.74. The predicted molar refractivity (Wildman–Crippen MR) is 79.8 cm³/mol. The van der Waals surface area contributed by atoms with Crippen LogP contribution in [0.5, 0.6) is 0 Å². The highest BCUT2D eigenvalue weighted by Gasteiger charge is 2.07. The molecule has 1 heterocycles. The van der Waals surface area contributed by atoms with Crippen LogP contribution in [0.15, 0.2) is 30.3 Å². The highest BCUT2D eigenvalue weighted by molar-refractivity contribution is 7.80. The van der Waals surface area contributed by atoms with Crippen LogP contribution in [0.4, 0.5) is 0 Å². The normalized spacial score (nSPS) is 10.4. The second-order valence-electron chi connectivity index (χ2n) is 4.51. The molecule has 2 nitrogen and oxygen atoms in total. The number of benzene rings is 1. The van der Waals surface area contributed by atoms with Crippen LogP contribution in [0.2, 0.25) is 0 Å². The van der Waals surface area contributed by atoms with Crippen LogP contribution in [-0.2, 0) is 0 Å². The van der Waals surface area contributed by atoms with E-state index in [1.54, 1.807) is 0 Å². The maximum absolute atomic E-state index is 5.64. The van der Waals surface area contributed by atoms with Crippen LogP contribution in [-0.4, -0.2) is 9.97 Å². The van der Waals surface area contributed by atoms with Crippen molar-refractivity contribution in [1.82, 2.24) is 4.98 Å². The third kappa shape index (κ3) is 2.41.